The Bertz CT molecular complexity index is 925. The molecule has 29 heavy (non-hydrogen) atoms. The number of carboxylic acids is 1. The molecular formula is C22H23ClN2O4. The van der Waals surface area contributed by atoms with Crippen LogP contribution in [0.3, 0.4) is 0 Å². The van der Waals surface area contributed by atoms with Crippen LogP contribution < -0.4 is 9.64 Å². The number of likely N-dealkylation sites (tertiary alicyclic amines) is 1. The summed E-state index contributed by atoms with van der Waals surface area (Å²) in [5.41, 5.74) is 1.98. The van der Waals surface area contributed by atoms with Gasteiger partial charge in [0.15, 0.2) is 6.61 Å². The first kappa shape index (κ1) is 19.7. The largest absolute Gasteiger partial charge is 0.482 e. The van der Waals surface area contributed by atoms with E-state index in [0.29, 0.717) is 17.1 Å². The third-order valence-corrected chi connectivity index (χ3v) is 5.96. The number of carboxylic acid groups (broad SMARTS) is 1. The van der Waals surface area contributed by atoms with Crippen LogP contribution in [0.15, 0.2) is 42.5 Å². The molecule has 6 nitrogen and oxygen atoms in total. The molecule has 0 atom stereocenters. The van der Waals surface area contributed by atoms with Gasteiger partial charge < -0.3 is 19.6 Å². The van der Waals surface area contributed by atoms with Gasteiger partial charge in [-0.2, -0.15) is 0 Å². The number of ether oxygens (including phenoxy) is 1. The number of nitrogens with zero attached hydrogens (tertiary/aromatic N) is 2. The molecule has 2 aliphatic heterocycles. The Morgan fingerprint density at radius 1 is 1.14 bits per heavy atom. The molecule has 2 aliphatic rings. The molecule has 152 valence electrons. The van der Waals surface area contributed by atoms with Crippen molar-refractivity contribution in [2.75, 3.05) is 37.7 Å². The first-order valence-electron chi connectivity index (χ1n) is 9.80. The highest BCUT2D eigenvalue weighted by Crippen LogP contribution is 2.33. The summed E-state index contributed by atoms with van der Waals surface area (Å²) in [6, 6.07) is 12.7. The van der Waals surface area contributed by atoms with Crippen molar-refractivity contribution in [2.45, 2.75) is 18.8 Å². The normalized spacial score (nSPS) is 17.7. The van der Waals surface area contributed by atoms with Gasteiger partial charge in [0.1, 0.15) is 5.75 Å². The fraction of sp³-hybridized carbons (Fsp3) is 0.364. The number of hydrogen-bond acceptors (Lipinski definition) is 4. The number of aromatic carboxylic acids is 1. The van der Waals surface area contributed by atoms with Crippen molar-refractivity contribution >= 4 is 29.2 Å². The van der Waals surface area contributed by atoms with Gasteiger partial charge in [0.2, 0.25) is 0 Å². The van der Waals surface area contributed by atoms with E-state index in [4.69, 9.17) is 16.3 Å². The molecule has 0 aliphatic carbocycles. The van der Waals surface area contributed by atoms with E-state index < -0.39 is 5.97 Å². The van der Waals surface area contributed by atoms with Crippen LogP contribution >= 0.6 is 11.6 Å². The van der Waals surface area contributed by atoms with Gasteiger partial charge in [0.05, 0.1) is 11.3 Å². The minimum atomic E-state index is -0.936. The molecule has 0 radical (unpaired) electrons. The number of rotatable bonds is 5. The Morgan fingerprint density at radius 2 is 1.90 bits per heavy atom. The summed E-state index contributed by atoms with van der Waals surface area (Å²) < 4.78 is 5.50. The number of carbonyl (C=O) groups is 2. The van der Waals surface area contributed by atoms with Crippen molar-refractivity contribution in [2.24, 2.45) is 0 Å². The van der Waals surface area contributed by atoms with E-state index in [1.54, 1.807) is 11.0 Å². The Labute approximate surface area is 174 Å². The molecule has 2 aromatic carbocycles. The third kappa shape index (κ3) is 4.23. The van der Waals surface area contributed by atoms with Crippen molar-refractivity contribution in [3.05, 3.63) is 58.6 Å². The van der Waals surface area contributed by atoms with Crippen molar-refractivity contribution < 1.29 is 19.4 Å². The van der Waals surface area contributed by atoms with Gasteiger partial charge >= 0.3 is 5.97 Å². The number of hydrogen-bond donors (Lipinski definition) is 1. The Morgan fingerprint density at radius 3 is 2.66 bits per heavy atom. The summed E-state index contributed by atoms with van der Waals surface area (Å²) in [7, 11) is 0. The second-order valence-electron chi connectivity index (χ2n) is 7.45. The molecule has 2 heterocycles. The van der Waals surface area contributed by atoms with Gasteiger partial charge in [-0.3, -0.25) is 4.79 Å². The summed E-state index contributed by atoms with van der Waals surface area (Å²) in [4.78, 5) is 28.0. The van der Waals surface area contributed by atoms with Gasteiger partial charge in [-0.25, -0.2) is 4.79 Å². The predicted octanol–water partition coefficient (Wildman–Crippen LogP) is 3.64. The molecule has 1 fully saturated rings. The summed E-state index contributed by atoms with van der Waals surface area (Å²) in [6.45, 7) is 3.21. The number of halogens is 1. The van der Waals surface area contributed by atoms with E-state index in [-0.39, 0.29) is 18.4 Å². The van der Waals surface area contributed by atoms with Crippen LogP contribution in [0.25, 0.3) is 0 Å². The molecule has 1 N–H and O–H groups in total. The molecule has 7 heteroatoms. The maximum Gasteiger partial charge on any atom is 0.336 e. The van der Waals surface area contributed by atoms with Gasteiger partial charge in [0.25, 0.3) is 5.91 Å². The maximum absolute atomic E-state index is 12.3. The van der Waals surface area contributed by atoms with Crippen molar-refractivity contribution in [1.82, 2.24) is 4.90 Å². The van der Waals surface area contributed by atoms with Crippen molar-refractivity contribution in [3.8, 4) is 5.75 Å². The zero-order chi connectivity index (χ0) is 20.4. The average molecular weight is 415 g/mol. The van der Waals surface area contributed by atoms with Crippen LogP contribution in [0.2, 0.25) is 5.02 Å². The smallest absolute Gasteiger partial charge is 0.336 e. The van der Waals surface area contributed by atoms with E-state index in [0.717, 1.165) is 49.5 Å². The molecule has 1 saturated heterocycles. The number of amides is 1. The molecule has 4 rings (SSSR count). The van der Waals surface area contributed by atoms with E-state index in [1.807, 2.05) is 30.3 Å². The standard InChI is InChI=1S/C22H23ClN2O4/c23-16-5-6-17(18(13-16)22(27)28)15-7-9-24(10-8-15)11-12-25-19-3-1-2-4-20(19)29-14-21(25)26/h1-6,13,15H,7-12,14H2,(H,27,28). The minimum absolute atomic E-state index is 0.0224. The summed E-state index contributed by atoms with van der Waals surface area (Å²) in [5, 5.41) is 9.93. The lowest BCUT2D eigenvalue weighted by Gasteiger charge is -2.35. The lowest BCUT2D eigenvalue weighted by molar-refractivity contribution is -0.121. The number of piperidine rings is 1. The average Bonchev–Trinajstić information content (AvgIpc) is 2.73. The number of benzene rings is 2. The molecule has 0 saturated carbocycles. The Hall–Kier alpha value is -2.57. The molecule has 0 aromatic heterocycles. The summed E-state index contributed by atoms with van der Waals surface area (Å²) in [5.74, 6) is -0.00428. The topological polar surface area (TPSA) is 70.1 Å². The fourth-order valence-electron chi connectivity index (χ4n) is 4.18. The quantitative estimate of drug-likeness (QED) is 0.808. The van der Waals surface area contributed by atoms with Gasteiger partial charge in [-0.05, 0) is 61.7 Å². The van der Waals surface area contributed by atoms with E-state index >= 15 is 0 Å². The summed E-state index contributed by atoms with van der Waals surface area (Å²) >= 11 is 5.97. The number of carbonyl (C=O) groups excluding carboxylic acids is 1. The minimum Gasteiger partial charge on any atom is -0.482 e. The zero-order valence-electron chi connectivity index (χ0n) is 16.0. The zero-order valence-corrected chi connectivity index (χ0v) is 16.8. The molecule has 2 aromatic rings. The van der Waals surface area contributed by atoms with Crippen LogP contribution in [0, 0.1) is 0 Å². The number of para-hydroxylation sites is 2. The summed E-state index contributed by atoms with van der Waals surface area (Å²) in [6.07, 6.45) is 1.77. The first-order chi connectivity index (χ1) is 14.0. The number of anilines is 1. The van der Waals surface area contributed by atoms with Gasteiger partial charge in [-0.1, -0.05) is 29.8 Å². The Kier molecular flexibility index (Phi) is 5.74. The lowest BCUT2D eigenvalue weighted by atomic mass is 9.86. The maximum atomic E-state index is 12.3. The highest BCUT2D eigenvalue weighted by Gasteiger charge is 2.28. The molecule has 0 spiro atoms. The van der Waals surface area contributed by atoms with Crippen LogP contribution in [0.4, 0.5) is 5.69 Å². The van der Waals surface area contributed by atoms with E-state index in [9.17, 15) is 14.7 Å². The van der Waals surface area contributed by atoms with E-state index in [1.165, 1.54) is 6.07 Å². The van der Waals surface area contributed by atoms with Crippen LogP contribution in [0.5, 0.6) is 5.75 Å². The second-order valence-corrected chi connectivity index (χ2v) is 7.89. The van der Waals surface area contributed by atoms with Crippen molar-refractivity contribution in [1.29, 1.82) is 0 Å². The van der Waals surface area contributed by atoms with Crippen molar-refractivity contribution in [3.63, 3.8) is 0 Å². The van der Waals surface area contributed by atoms with Crippen LogP contribution in [0.1, 0.15) is 34.7 Å². The monoisotopic (exact) mass is 414 g/mol. The molecule has 1 amide bonds. The Balaban J connectivity index is 1.37. The van der Waals surface area contributed by atoms with E-state index in [2.05, 4.69) is 4.90 Å². The molecule has 0 unspecified atom stereocenters. The SMILES string of the molecule is O=C(O)c1cc(Cl)ccc1C1CCN(CCN2C(=O)COc3ccccc32)CC1. The number of fused-ring (bicyclic) bond motifs is 1. The van der Waals surface area contributed by atoms with Gasteiger partial charge in [-0.15, -0.1) is 0 Å². The molecular weight excluding hydrogens is 392 g/mol. The molecule has 0 bridgehead atoms. The highest BCUT2D eigenvalue weighted by molar-refractivity contribution is 6.31. The predicted molar refractivity (Wildman–Crippen MR) is 111 cm³/mol. The third-order valence-electron chi connectivity index (χ3n) is 5.72. The van der Waals surface area contributed by atoms with Crippen LogP contribution in [-0.2, 0) is 4.79 Å². The fourth-order valence-corrected chi connectivity index (χ4v) is 4.35. The second kappa shape index (κ2) is 8.43. The van der Waals surface area contributed by atoms with Gasteiger partial charge in [0, 0.05) is 18.1 Å². The lowest BCUT2D eigenvalue weighted by Crippen LogP contribution is -2.45. The first-order valence-corrected chi connectivity index (χ1v) is 10.2. The highest BCUT2D eigenvalue weighted by atomic mass is 35.5. The van der Waals surface area contributed by atoms with Crippen LogP contribution in [-0.4, -0.2) is 54.7 Å².